The summed E-state index contributed by atoms with van der Waals surface area (Å²) in [7, 11) is 0. The Hall–Kier alpha value is -0.610. The summed E-state index contributed by atoms with van der Waals surface area (Å²) in [6, 6.07) is 0.441. The van der Waals surface area contributed by atoms with Gasteiger partial charge in [-0.05, 0) is 25.2 Å². The number of ether oxygens (including phenoxy) is 1. The van der Waals surface area contributed by atoms with Crippen molar-refractivity contribution >= 4 is 5.91 Å². The molecule has 2 rings (SSSR count). The third kappa shape index (κ3) is 3.73. The molecule has 0 aromatic carbocycles. The Labute approximate surface area is 122 Å². The van der Waals surface area contributed by atoms with Crippen LogP contribution in [0.4, 0.5) is 0 Å². The summed E-state index contributed by atoms with van der Waals surface area (Å²) in [4.78, 5) is 12.1. The second-order valence-electron chi connectivity index (χ2n) is 6.89. The van der Waals surface area contributed by atoms with Crippen molar-refractivity contribution in [2.45, 2.75) is 82.9 Å². The standard InChI is InChI=1S/C16H30N2O2/c1-12(2)14-11-16(15(17)19,9-10-20-14)18-13-7-5-3-4-6-8-13/h12-14,18H,3-11H2,1-2H3,(H2,17,19). The number of carbonyl (C=O) groups is 1. The van der Waals surface area contributed by atoms with E-state index in [1.807, 2.05) is 0 Å². The lowest BCUT2D eigenvalue weighted by Crippen LogP contribution is -2.63. The molecule has 1 heterocycles. The van der Waals surface area contributed by atoms with Gasteiger partial charge in [0.1, 0.15) is 5.54 Å². The molecule has 1 aliphatic heterocycles. The van der Waals surface area contributed by atoms with E-state index in [4.69, 9.17) is 10.5 Å². The second kappa shape index (κ2) is 6.90. The Morgan fingerprint density at radius 2 is 1.90 bits per heavy atom. The lowest BCUT2D eigenvalue weighted by Gasteiger charge is -2.42. The molecule has 20 heavy (non-hydrogen) atoms. The van der Waals surface area contributed by atoms with Crippen molar-refractivity contribution in [3.8, 4) is 0 Å². The SMILES string of the molecule is CC(C)C1CC(NC2CCCCCC2)(C(N)=O)CCO1. The molecule has 1 saturated carbocycles. The topological polar surface area (TPSA) is 64.3 Å². The second-order valence-corrected chi connectivity index (χ2v) is 6.89. The number of hydrogen-bond acceptors (Lipinski definition) is 3. The number of hydrogen-bond donors (Lipinski definition) is 2. The first-order valence-electron chi connectivity index (χ1n) is 8.23. The average molecular weight is 282 g/mol. The summed E-state index contributed by atoms with van der Waals surface area (Å²) in [6.45, 7) is 4.92. The van der Waals surface area contributed by atoms with E-state index in [0.29, 0.717) is 25.0 Å². The predicted octanol–water partition coefficient (Wildman–Crippen LogP) is 2.36. The Kier molecular flexibility index (Phi) is 5.44. The molecule has 4 nitrogen and oxygen atoms in total. The van der Waals surface area contributed by atoms with Crippen LogP contribution in [0.3, 0.4) is 0 Å². The highest BCUT2D eigenvalue weighted by molar-refractivity contribution is 5.85. The largest absolute Gasteiger partial charge is 0.378 e. The minimum Gasteiger partial charge on any atom is -0.378 e. The molecule has 1 saturated heterocycles. The van der Waals surface area contributed by atoms with Gasteiger partial charge in [-0.3, -0.25) is 4.79 Å². The zero-order valence-corrected chi connectivity index (χ0v) is 13.0. The van der Waals surface area contributed by atoms with E-state index < -0.39 is 5.54 Å². The molecule has 0 bridgehead atoms. The molecule has 1 aliphatic carbocycles. The minimum absolute atomic E-state index is 0.134. The van der Waals surface area contributed by atoms with Gasteiger partial charge in [-0.2, -0.15) is 0 Å². The monoisotopic (exact) mass is 282 g/mol. The predicted molar refractivity (Wildman–Crippen MR) is 80.4 cm³/mol. The van der Waals surface area contributed by atoms with Gasteiger partial charge < -0.3 is 15.8 Å². The van der Waals surface area contributed by atoms with E-state index in [9.17, 15) is 4.79 Å². The van der Waals surface area contributed by atoms with Crippen molar-refractivity contribution in [1.82, 2.24) is 5.32 Å². The van der Waals surface area contributed by atoms with Crippen LogP contribution in [0.2, 0.25) is 0 Å². The lowest BCUT2D eigenvalue weighted by atomic mass is 9.81. The third-order valence-corrected chi connectivity index (χ3v) is 4.96. The molecule has 0 aromatic rings. The van der Waals surface area contributed by atoms with Crippen LogP contribution in [0.1, 0.15) is 65.2 Å². The first kappa shape index (κ1) is 15.8. The van der Waals surface area contributed by atoms with E-state index in [1.54, 1.807) is 0 Å². The van der Waals surface area contributed by atoms with E-state index in [1.165, 1.54) is 38.5 Å². The minimum atomic E-state index is -0.553. The van der Waals surface area contributed by atoms with Crippen molar-refractivity contribution in [2.75, 3.05) is 6.61 Å². The third-order valence-electron chi connectivity index (χ3n) is 4.96. The molecular weight excluding hydrogens is 252 g/mol. The maximum atomic E-state index is 12.1. The summed E-state index contributed by atoms with van der Waals surface area (Å²) >= 11 is 0. The highest BCUT2D eigenvalue weighted by Crippen LogP contribution is 2.30. The average Bonchev–Trinajstić information content (AvgIpc) is 2.67. The molecule has 4 heteroatoms. The molecule has 2 atom stereocenters. The Morgan fingerprint density at radius 1 is 1.25 bits per heavy atom. The van der Waals surface area contributed by atoms with Crippen LogP contribution in [0.25, 0.3) is 0 Å². The maximum absolute atomic E-state index is 12.1. The zero-order chi connectivity index (χ0) is 14.6. The van der Waals surface area contributed by atoms with Gasteiger partial charge in [0.05, 0.1) is 6.10 Å². The van der Waals surface area contributed by atoms with Gasteiger partial charge in [-0.1, -0.05) is 39.5 Å². The van der Waals surface area contributed by atoms with Crippen molar-refractivity contribution in [3.05, 3.63) is 0 Å². The first-order chi connectivity index (χ1) is 9.53. The highest BCUT2D eigenvalue weighted by atomic mass is 16.5. The summed E-state index contributed by atoms with van der Waals surface area (Å²) < 4.78 is 5.81. The zero-order valence-electron chi connectivity index (χ0n) is 13.0. The lowest BCUT2D eigenvalue weighted by molar-refractivity contribution is -0.133. The van der Waals surface area contributed by atoms with Gasteiger partial charge in [-0.25, -0.2) is 0 Å². The Bertz CT molecular complexity index is 324. The van der Waals surface area contributed by atoms with Crippen LogP contribution in [-0.4, -0.2) is 30.2 Å². The van der Waals surface area contributed by atoms with Crippen LogP contribution in [0, 0.1) is 5.92 Å². The number of carbonyl (C=O) groups excluding carboxylic acids is 1. The first-order valence-corrected chi connectivity index (χ1v) is 8.23. The highest BCUT2D eigenvalue weighted by Gasteiger charge is 2.43. The number of nitrogens with one attached hydrogen (secondary N) is 1. The molecule has 2 unspecified atom stereocenters. The Balaban J connectivity index is 2.06. The van der Waals surface area contributed by atoms with Gasteiger partial charge in [0.2, 0.25) is 5.91 Å². The van der Waals surface area contributed by atoms with Gasteiger partial charge in [0.15, 0.2) is 0 Å². The summed E-state index contributed by atoms with van der Waals surface area (Å²) in [6.07, 6.45) is 9.06. The molecule has 0 radical (unpaired) electrons. The molecule has 3 N–H and O–H groups in total. The molecule has 0 aromatic heterocycles. The smallest absolute Gasteiger partial charge is 0.237 e. The maximum Gasteiger partial charge on any atom is 0.237 e. The van der Waals surface area contributed by atoms with Crippen LogP contribution in [0.15, 0.2) is 0 Å². The van der Waals surface area contributed by atoms with E-state index in [2.05, 4.69) is 19.2 Å². The Morgan fingerprint density at radius 3 is 2.45 bits per heavy atom. The van der Waals surface area contributed by atoms with Crippen molar-refractivity contribution in [3.63, 3.8) is 0 Å². The molecule has 116 valence electrons. The van der Waals surface area contributed by atoms with Gasteiger partial charge in [-0.15, -0.1) is 0 Å². The normalized spacial score (nSPS) is 33.0. The van der Waals surface area contributed by atoms with Crippen molar-refractivity contribution < 1.29 is 9.53 Å². The molecule has 2 aliphatic rings. The summed E-state index contributed by atoms with van der Waals surface area (Å²) in [5.74, 6) is 0.223. The number of primary amides is 1. The van der Waals surface area contributed by atoms with E-state index >= 15 is 0 Å². The van der Waals surface area contributed by atoms with Crippen LogP contribution >= 0.6 is 0 Å². The van der Waals surface area contributed by atoms with Gasteiger partial charge in [0.25, 0.3) is 0 Å². The molecule has 0 spiro atoms. The number of nitrogens with two attached hydrogens (primary N) is 1. The summed E-state index contributed by atoms with van der Waals surface area (Å²) in [5, 5.41) is 3.64. The van der Waals surface area contributed by atoms with Crippen molar-refractivity contribution in [2.24, 2.45) is 11.7 Å². The van der Waals surface area contributed by atoms with E-state index in [-0.39, 0.29) is 12.0 Å². The van der Waals surface area contributed by atoms with Crippen LogP contribution < -0.4 is 11.1 Å². The molecule has 2 fully saturated rings. The van der Waals surface area contributed by atoms with Gasteiger partial charge >= 0.3 is 0 Å². The quantitative estimate of drug-likeness (QED) is 0.778. The van der Waals surface area contributed by atoms with Gasteiger partial charge in [0, 0.05) is 19.1 Å². The van der Waals surface area contributed by atoms with E-state index in [0.717, 1.165) is 6.42 Å². The van der Waals surface area contributed by atoms with Crippen molar-refractivity contribution in [1.29, 1.82) is 0 Å². The van der Waals surface area contributed by atoms with Crippen LogP contribution in [-0.2, 0) is 9.53 Å². The fourth-order valence-corrected chi connectivity index (χ4v) is 3.56. The number of rotatable bonds is 4. The fourth-order valence-electron chi connectivity index (χ4n) is 3.56. The fraction of sp³-hybridized carbons (Fsp3) is 0.938. The number of amides is 1. The molecule has 1 amide bonds. The molecular formula is C16H30N2O2. The summed E-state index contributed by atoms with van der Waals surface area (Å²) in [5.41, 5.74) is 5.21. The van der Waals surface area contributed by atoms with Crippen LogP contribution in [0.5, 0.6) is 0 Å².